The number of hydrogen-bond donors (Lipinski definition) is 2. The van der Waals surface area contributed by atoms with E-state index in [0.29, 0.717) is 38.4 Å². The van der Waals surface area contributed by atoms with Gasteiger partial charge in [0.2, 0.25) is 5.91 Å². The van der Waals surface area contributed by atoms with Crippen LogP contribution in [0.3, 0.4) is 0 Å². The molecule has 0 spiro atoms. The maximum atomic E-state index is 13.3. The van der Waals surface area contributed by atoms with E-state index in [9.17, 15) is 18.0 Å². The minimum absolute atomic E-state index is 0. The summed E-state index contributed by atoms with van der Waals surface area (Å²) in [4.78, 5) is 13.4. The van der Waals surface area contributed by atoms with Gasteiger partial charge < -0.3 is 15.1 Å². The van der Waals surface area contributed by atoms with Gasteiger partial charge in [0.15, 0.2) is 0 Å². The summed E-state index contributed by atoms with van der Waals surface area (Å²) >= 11 is 0. The van der Waals surface area contributed by atoms with Gasteiger partial charge in [0.05, 0.1) is 0 Å². The first-order valence-corrected chi connectivity index (χ1v) is 8.69. The molecule has 1 amide bonds. The molecule has 2 heterocycles. The molecule has 2 aromatic rings. The third-order valence-electron chi connectivity index (χ3n) is 4.54. The van der Waals surface area contributed by atoms with Crippen molar-refractivity contribution in [1.82, 2.24) is 15.5 Å². The van der Waals surface area contributed by atoms with Crippen molar-refractivity contribution in [2.75, 3.05) is 32.7 Å². The highest BCUT2D eigenvalue weighted by Crippen LogP contribution is 2.25. The molecule has 1 saturated heterocycles. The number of furan rings is 1. The summed E-state index contributed by atoms with van der Waals surface area (Å²) in [5.74, 6) is 0.241. The van der Waals surface area contributed by atoms with Gasteiger partial charge in [-0.05, 0) is 12.1 Å². The minimum atomic E-state index is -4.37. The fourth-order valence-corrected chi connectivity index (χ4v) is 3.14. The highest BCUT2D eigenvalue weighted by molar-refractivity contribution is 5.85. The molecule has 5 nitrogen and oxygen atoms in total. The van der Waals surface area contributed by atoms with Crippen LogP contribution in [-0.4, -0.2) is 55.7 Å². The first kappa shape index (κ1) is 21.5. The molecule has 1 fully saturated rings. The number of halogens is 4. The molecule has 0 radical (unpaired) electrons. The van der Waals surface area contributed by atoms with Crippen LogP contribution in [0, 0.1) is 0 Å². The molecule has 27 heavy (non-hydrogen) atoms. The number of alkyl halides is 3. The van der Waals surface area contributed by atoms with Crippen LogP contribution in [0.2, 0.25) is 0 Å². The highest BCUT2D eigenvalue weighted by Gasteiger charge is 2.43. The van der Waals surface area contributed by atoms with Crippen molar-refractivity contribution < 1.29 is 22.4 Å². The number of amides is 1. The van der Waals surface area contributed by atoms with Crippen LogP contribution in [0.25, 0.3) is 11.0 Å². The summed E-state index contributed by atoms with van der Waals surface area (Å²) in [5, 5.41) is 6.40. The Morgan fingerprint density at radius 2 is 1.96 bits per heavy atom. The van der Waals surface area contributed by atoms with Gasteiger partial charge in [-0.25, -0.2) is 0 Å². The highest BCUT2D eigenvalue weighted by atomic mass is 35.5. The zero-order chi connectivity index (χ0) is 18.6. The van der Waals surface area contributed by atoms with Crippen molar-refractivity contribution in [3.8, 4) is 0 Å². The fraction of sp³-hybridized carbons (Fsp3) is 0.500. The van der Waals surface area contributed by atoms with Crippen LogP contribution in [-0.2, 0) is 11.2 Å². The van der Waals surface area contributed by atoms with Crippen LogP contribution < -0.4 is 10.6 Å². The predicted octanol–water partition coefficient (Wildman–Crippen LogP) is 2.74. The second kappa shape index (κ2) is 9.43. The number of para-hydroxylation sites is 1. The Morgan fingerprint density at radius 3 is 2.63 bits per heavy atom. The van der Waals surface area contributed by atoms with E-state index in [-0.39, 0.29) is 18.8 Å². The minimum Gasteiger partial charge on any atom is -0.461 e. The Labute approximate surface area is 161 Å². The predicted molar refractivity (Wildman–Crippen MR) is 99.1 cm³/mol. The van der Waals surface area contributed by atoms with Gasteiger partial charge in [-0.1, -0.05) is 18.2 Å². The normalized spacial score (nSPS) is 16.7. The number of piperazine rings is 1. The van der Waals surface area contributed by atoms with Crippen molar-refractivity contribution in [3.05, 3.63) is 36.1 Å². The maximum Gasteiger partial charge on any atom is 0.405 e. The lowest BCUT2D eigenvalue weighted by molar-refractivity contribution is -0.184. The van der Waals surface area contributed by atoms with E-state index in [1.165, 1.54) is 4.90 Å². The Morgan fingerprint density at radius 1 is 1.26 bits per heavy atom. The third-order valence-corrected chi connectivity index (χ3v) is 4.54. The Kier molecular flexibility index (Phi) is 7.52. The van der Waals surface area contributed by atoms with E-state index < -0.39 is 24.7 Å². The summed E-state index contributed by atoms with van der Waals surface area (Å²) in [6, 6.07) is 7.68. The molecule has 1 aliphatic rings. The van der Waals surface area contributed by atoms with Gasteiger partial charge in [-0.2, -0.15) is 13.2 Å². The monoisotopic (exact) mass is 405 g/mol. The lowest BCUT2D eigenvalue weighted by atomic mass is 10.2. The lowest BCUT2D eigenvalue weighted by Crippen LogP contribution is -2.57. The van der Waals surface area contributed by atoms with E-state index in [2.05, 4.69) is 10.6 Å². The molecule has 9 heteroatoms. The molecule has 1 aromatic carbocycles. The zero-order valence-corrected chi connectivity index (χ0v) is 15.5. The number of nitrogens with one attached hydrogen (secondary N) is 2. The summed E-state index contributed by atoms with van der Waals surface area (Å²) < 4.78 is 45.5. The smallest absolute Gasteiger partial charge is 0.405 e. The Bertz CT molecular complexity index is 712. The van der Waals surface area contributed by atoms with Crippen molar-refractivity contribution in [2.24, 2.45) is 0 Å². The molecule has 1 aromatic heterocycles. The first-order valence-electron chi connectivity index (χ1n) is 8.69. The molecule has 0 aliphatic carbocycles. The summed E-state index contributed by atoms with van der Waals surface area (Å²) in [5.41, 5.74) is 0.735. The van der Waals surface area contributed by atoms with E-state index in [1.807, 2.05) is 30.3 Å². The quantitative estimate of drug-likeness (QED) is 0.776. The SMILES string of the molecule is Cl.O=C(CCc1cc2ccccc2o1)NCC(N1CCNCC1)C(F)(F)F. The van der Waals surface area contributed by atoms with Crippen LogP contribution in [0.5, 0.6) is 0 Å². The van der Waals surface area contributed by atoms with Gasteiger partial charge in [-0.15, -0.1) is 12.4 Å². The Hall–Kier alpha value is -1.77. The molecule has 2 N–H and O–H groups in total. The van der Waals surface area contributed by atoms with E-state index >= 15 is 0 Å². The van der Waals surface area contributed by atoms with Gasteiger partial charge in [0.25, 0.3) is 0 Å². The first-order chi connectivity index (χ1) is 12.4. The van der Waals surface area contributed by atoms with Crippen LogP contribution in [0.1, 0.15) is 12.2 Å². The van der Waals surface area contributed by atoms with E-state index in [0.717, 1.165) is 11.0 Å². The number of benzene rings is 1. The number of rotatable bonds is 6. The third kappa shape index (κ3) is 5.85. The largest absolute Gasteiger partial charge is 0.461 e. The molecule has 1 aliphatic heterocycles. The second-order valence-electron chi connectivity index (χ2n) is 6.40. The average Bonchev–Trinajstić information content (AvgIpc) is 3.03. The van der Waals surface area contributed by atoms with Crippen molar-refractivity contribution in [3.63, 3.8) is 0 Å². The van der Waals surface area contributed by atoms with E-state index in [4.69, 9.17) is 4.42 Å². The molecule has 150 valence electrons. The van der Waals surface area contributed by atoms with Crippen molar-refractivity contribution >= 4 is 29.3 Å². The standard InChI is InChI=1S/C18H22F3N3O2.ClH/c19-18(20,21)16(24-9-7-22-8-10-24)12-23-17(25)6-5-14-11-13-3-1-2-4-15(13)26-14;/h1-4,11,16,22H,5-10,12H2,(H,23,25);1H. The Balaban J connectivity index is 0.00000261. The number of hydrogen-bond acceptors (Lipinski definition) is 4. The number of aryl methyl sites for hydroxylation is 1. The lowest BCUT2D eigenvalue weighted by Gasteiger charge is -2.35. The summed E-state index contributed by atoms with van der Waals surface area (Å²) in [7, 11) is 0. The van der Waals surface area contributed by atoms with Crippen LogP contribution in [0.4, 0.5) is 13.2 Å². The second-order valence-corrected chi connectivity index (χ2v) is 6.40. The molecule has 0 saturated carbocycles. The molecular weight excluding hydrogens is 383 g/mol. The number of nitrogens with zero attached hydrogens (tertiary/aromatic N) is 1. The van der Waals surface area contributed by atoms with Crippen molar-refractivity contribution in [1.29, 1.82) is 0 Å². The molecular formula is C18H23ClF3N3O2. The summed E-state index contributed by atoms with van der Waals surface area (Å²) in [6.07, 6.45) is -3.93. The number of carbonyl (C=O) groups excluding carboxylic acids is 1. The fourth-order valence-electron chi connectivity index (χ4n) is 3.14. The topological polar surface area (TPSA) is 57.5 Å². The molecule has 1 unspecified atom stereocenters. The van der Waals surface area contributed by atoms with Crippen molar-refractivity contribution in [2.45, 2.75) is 25.1 Å². The summed E-state index contributed by atoms with van der Waals surface area (Å²) in [6.45, 7) is 1.25. The van der Waals surface area contributed by atoms with Gasteiger partial charge in [-0.3, -0.25) is 9.69 Å². The van der Waals surface area contributed by atoms with Gasteiger partial charge in [0.1, 0.15) is 17.4 Å². The van der Waals surface area contributed by atoms with Crippen LogP contribution >= 0.6 is 12.4 Å². The van der Waals surface area contributed by atoms with Crippen LogP contribution in [0.15, 0.2) is 34.7 Å². The molecule has 1 atom stereocenters. The number of carbonyl (C=O) groups is 1. The van der Waals surface area contributed by atoms with Gasteiger partial charge in [0, 0.05) is 51.0 Å². The van der Waals surface area contributed by atoms with Gasteiger partial charge >= 0.3 is 6.18 Å². The number of fused-ring (bicyclic) bond motifs is 1. The zero-order valence-electron chi connectivity index (χ0n) is 14.7. The molecule has 3 rings (SSSR count). The van der Waals surface area contributed by atoms with E-state index in [1.54, 1.807) is 0 Å². The maximum absolute atomic E-state index is 13.3. The molecule has 0 bridgehead atoms. The average molecular weight is 406 g/mol.